The molecule has 0 saturated heterocycles. The van der Waals surface area contributed by atoms with Gasteiger partial charge in [0.1, 0.15) is 6.61 Å². The van der Waals surface area contributed by atoms with Crippen molar-refractivity contribution in [2.75, 3.05) is 66.1 Å². The smallest absolute Gasteiger partial charge is 0.107 e. The van der Waals surface area contributed by atoms with Gasteiger partial charge in [0.25, 0.3) is 0 Å². The van der Waals surface area contributed by atoms with Gasteiger partial charge in [-0.1, -0.05) is 57.8 Å². The second kappa shape index (κ2) is 24.4. The van der Waals surface area contributed by atoms with Gasteiger partial charge in [0.15, 0.2) is 0 Å². The topological polar surface area (TPSA) is 46.2 Å². The Bertz CT molecular complexity index is 291. The van der Waals surface area contributed by atoms with Gasteiger partial charge < -0.3 is 23.7 Å². The molecule has 0 aliphatic carbocycles. The molecule has 0 rings (SSSR count). The second-order valence-corrected chi connectivity index (χ2v) is 6.18. The van der Waals surface area contributed by atoms with Gasteiger partial charge >= 0.3 is 0 Å². The highest BCUT2D eigenvalue weighted by Gasteiger charge is 1.94. The molecule has 0 amide bonds. The first kappa shape index (κ1) is 25.4. The fourth-order valence-corrected chi connectivity index (χ4v) is 2.35. The maximum Gasteiger partial charge on any atom is 0.107 e. The molecule has 0 bridgehead atoms. The second-order valence-electron chi connectivity index (χ2n) is 6.18. The summed E-state index contributed by atoms with van der Waals surface area (Å²) in [5.41, 5.74) is 0. The number of hydrogen-bond donors (Lipinski definition) is 0. The van der Waals surface area contributed by atoms with Crippen LogP contribution >= 0.6 is 0 Å². The minimum atomic E-state index is 0.333. The van der Waals surface area contributed by atoms with Crippen LogP contribution in [0.1, 0.15) is 58.3 Å². The monoisotopic (exact) mass is 372 g/mol. The summed E-state index contributed by atoms with van der Waals surface area (Å²) >= 11 is 0. The molecule has 26 heavy (non-hydrogen) atoms. The van der Waals surface area contributed by atoms with Gasteiger partial charge in [-0.05, 0) is 6.42 Å². The first-order valence-corrected chi connectivity index (χ1v) is 10.2. The first-order valence-electron chi connectivity index (χ1n) is 10.2. The molecule has 5 nitrogen and oxygen atoms in total. The lowest BCUT2D eigenvalue weighted by Crippen LogP contribution is -2.13. The van der Waals surface area contributed by atoms with E-state index in [1.54, 1.807) is 0 Å². The Morgan fingerprint density at radius 1 is 0.500 bits per heavy atom. The van der Waals surface area contributed by atoms with E-state index in [2.05, 4.69) is 12.8 Å². The molecule has 0 atom stereocenters. The number of hydrogen-bond acceptors (Lipinski definition) is 5. The van der Waals surface area contributed by atoms with Crippen LogP contribution in [0.3, 0.4) is 0 Å². The van der Waals surface area contributed by atoms with Crippen molar-refractivity contribution in [3.8, 4) is 12.3 Å². The highest BCUT2D eigenvalue weighted by Crippen LogP contribution is 2.08. The molecule has 0 aromatic carbocycles. The van der Waals surface area contributed by atoms with Crippen LogP contribution in [0.5, 0.6) is 0 Å². The van der Waals surface area contributed by atoms with E-state index >= 15 is 0 Å². The maximum atomic E-state index is 5.57. The summed E-state index contributed by atoms with van der Waals surface area (Å²) in [5.74, 6) is 2.40. The molecule has 0 saturated carbocycles. The van der Waals surface area contributed by atoms with Crippen molar-refractivity contribution in [3.63, 3.8) is 0 Å². The van der Waals surface area contributed by atoms with Crippen LogP contribution in [0.4, 0.5) is 0 Å². The van der Waals surface area contributed by atoms with Gasteiger partial charge in [-0.15, -0.1) is 6.42 Å². The summed E-state index contributed by atoms with van der Waals surface area (Å²) in [6, 6.07) is 0. The lowest BCUT2D eigenvalue weighted by Gasteiger charge is -2.07. The summed E-state index contributed by atoms with van der Waals surface area (Å²) in [6.07, 6.45) is 15.7. The normalized spacial score (nSPS) is 10.9. The van der Waals surface area contributed by atoms with E-state index in [0.29, 0.717) is 59.5 Å². The van der Waals surface area contributed by atoms with E-state index in [1.165, 1.54) is 44.9 Å². The summed E-state index contributed by atoms with van der Waals surface area (Å²) in [7, 11) is 0. The molecule has 0 aliphatic rings. The van der Waals surface area contributed by atoms with Crippen molar-refractivity contribution in [3.05, 3.63) is 0 Å². The molecule has 0 spiro atoms. The molecule has 0 aliphatic heterocycles. The van der Waals surface area contributed by atoms with Crippen LogP contribution in [0.15, 0.2) is 0 Å². The van der Waals surface area contributed by atoms with Crippen molar-refractivity contribution in [1.82, 2.24) is 0 Å². The zero-order chi connectivity index (χ0) is 19.0. The van der Waals surface area contributed by atoms with Crippen molar-refractivity contribution < 1.29 is 23.7 Å². The summed E-state index contributed by atoms with van der Waals surface area (Å²) in [5, 5.41) is 0. The van der Waals surface area contributed by atoms with Crippen LogP contribution in [-0.4, -0.2) is 66.1 Å². The number of ether oxygens (including phenoxy) is 5. The van der Waals surface area contributed by atoms with Crippen molar-refractivity contribution in [2.24, 2.45) is 0 Å². The summed E-state index contributed by atoms with van der Waals surface area (Å²) in [4.78, 5) is 0. The van der Waals surface area contributed by atoms with Crippen molar-refractivity contribution in [1.29, 1.82) is 0 Å². The largest absolute Gasteiger partial charge is 0.379 e. The summed E-state index contributed by atoms with van der Waals surface area (Å²) in [6.45, 7) is 8.07. The molecular weight excluding hydrogens is 332 g/mol. The lowest BCUT2D eigenvalue weighted by atomic mass is 10.1. The van der Waals surface area contributed by atoms with Gasteiger partial charge in [0, 0.05) is 6.61 Å². The average molecular weight is 373 g/mol. The SMILES string of the molecule is C#CCOCCOCCOCCOCCOCCCCCCCCCC. The van der Waals surface area contributed by atoms with E-state index in [0.717, 1.165) is 13.0 Å². The zero-order valence-corrected chi connectivity index (χ0v) is 16.8. The Kier molecular flexibility index (Phi) is 23.8. The molecule has 5 heteroatoms. The Hall–Kier alpha value is -0.640. The highest BCUT2D eigenvalue weighted by molar-refractivity contribution is 4.82. The van der Waals surface area contributed by atoms with Crippen molar-refractivity contribution >= 4 is 0 Å². The van der Waals surface area contributed by atoms with Crippen LogP contribution in [-0.2, 0) is 23.7 Å². The van der Waals surface area contributed by atoms with Gasteiger partial charge in [0.2, 0.25) is 0 Å². The Balaban J connectivity index is 2.96. The Morgan fingerprint density at radius 2 is 0.885 bits per heavy atom. The lowest BCUT2D eigenvalue weighted by molar-refractivity contribution is -0.00935. The van der Waals surface area contributed by atoms with E-state index in [9.17, 15) is 0 Å². The van der Waals surface area contributed by atoms with E-state index < -0.39 is 0 Å². The molecule has 0 radical (unpaired) electrons. The number of terminal acetylenes is 1. The molecule has 0 heterocycles. The van der Waals surface area contributed by atoms with Gasteiger partial charge in [-0.3, -0.25) is 0 Å². The maximum absolute atomic E-state index is 5.57. The minimum absolute atomic E-state index is 0.333. The fourth-order valence-electron chi connectivity index (χ4n) is 2.35. The first-order chi connectivity index (χ1) is 12.9. The fraction of sp³-hybridized carbons (Fsp3) is 0.905. The number of unbranched alkanes of at least 4 members (excludes halogenated alkanes) is 7. The van der Waals surface area contributed by atoms with Gasteiger partial charge in [-0.25, -0.2) is 0 Å². The van der Waals surface area contributed by atoms with Crippen LogP contribution in [0.25, 0.3) is 0 Å². The van der Waals surface area contributed by atoms with Crippen LogP contribution in [0, 0.1) is 12.3 Å². The van der Waals surface area contributed by atoms with Crippen LogP contribution < -0.4 is 0 Å². The molecule has 0 aromatic heterocycles. The van der Waals surface area contributed by atoms with E-state index in [4.69, 9.17) is 30.1 Å². The summed E-state index contributed by atoms with van der Waals surface area (Å²) < 4.78 is 26.8. The van der Waals surface area contributed by atoms with E-state index in [-0.39, 0.29) is 0 Å². The zero-order valence-electron chi connectivity index (χ0n) is 16.8. The van der Waals surface area contributed by atoms with E-state index in [1.807, 2.05) is 0 Å². The average Bonchev–Trinajstić information content (AvgIpc) is 2.66. The molecule has 0 N–H and O–H groups in total. The predicted octanol–water partition coefficient (Wildman–Crippen LogP) is 3.84. The minimum Gasteiger partial charge on any atom is -0.379 e. The molecule has 0 aromatic rings. The predicted molar refractivity (Wildman–Crippen MR) is 106 cm³/mol. The highest BCUT2D eigenvalue weighted by atomic mass is 16.6. The van der Waals surface area contributed by atoms with Crippen molar-refractivity contribution in [2.45, 2.75) is 58.3 Å². The third-order valence-corrected chi connectivity index (χ3v) is 3.82. The molecular formula is C21H40O5. The Morgan fingerprint density at radius 3 is 1.35 bits per heavy atom. The Labute approximate surface area is 161 Å². The van der Waals surface area contributed by atoms with Gasteiger partial charge in [0.05, 0.1) is 52.9 Å². The quantitative estimate of drug-likeness (QED) is 0.213. The standard InChI is InChI=1S/C21H40O5/c1-3-5-6-7-8-9-10-11-13-23-15-17-25-19-21-26-20-18-24-16-14-22-12-4-2/h2H,3,5-21H2,1H3. The third-order valence-electron chi connectivity index (χ3n) is 3.82. The van der Waals surface area contributed by atoms with Crippen LogP contribution in [0.2, 0.25) is 0 Å². The van der Waals surface area contributed by atoms with Gasteiger partial charge in [-0.2, -0.15) is 0 Å². The molecule has 0 fully saturated rings. The molecule has 154 valence electrons. The number of rotatable bonds is 22. The third kappa shape index (κ3) is 23.4. The molecule has 0 unspecified atom stereocenters.